The summed E-state index contributed by atoms with van der Waals surface area (Å²) in [5.74, 6) is 1.03. The molecular weight excluding hydrogens is 390 g/mol. The van der Waals surface area contributed by atoms with Crippen LogP contribution in [0.3, 0.4) is 0 Å². The molecule has 1 aromatic heterocycles. The average molecular weight is 418 g/mol. The minimum Gasteiger partial charge on any atom is -0.466 e. The van der Waals surface area contributed by atoms with E-state index in [9.17, 15) is 9.59 Å². The molecule has 2 heterocycles. The lowest BCUT2D eigenvalue weighted by Crippen LogP contribution is -2.41. The Morgan fingerprint density at radius 3 is 2.55 bits per heavy atom. The van der Waals surface area contributed by atoms with E-state index >= 15 is 0 Å². The van der Waals surface area contributed by atoms with Crippen molar-refractivity contribution in [3.05, 3.63) is 51.9 Å². The summed E-state index contributed by atoms with van der Waals surface area (Å²) in [5, 5.41) is 5.95. The number of hydrogen-bond acceptors (Lipinski definition) is 4. The van der Waals surface area contributed by atoms with Crippen LogP contribution >= 0.6 is 11.6 Å². The number of aryl methyl sites for hydroxylation is 2. The highest BCUT2D eigenvalue weighted by Gasteiger charge is 2.22. The maximum atomic E-state index is 12.2. The first-order chi connectivity index (χ1) is 13.8. The van der Waals surface area contributed by atoms with Gasteiger partial charge in [0.15, 0.2) is 0 Å². The topological polar surface area (TPSA) is 74.6 Å². The molecule has 2 N–H and O–H groups in total. The Morgan fingerprint density at radius 2 is 1.90 bits per heavy atom. The van der Waals surface area contributed by atoms with Crippen LogP contribution in [0.25, 0.3) is 0 Å². The number of carbonyl (C=O) groups is 2. The van der Waals surface area contributed by atoms with Crippen molar-refractivity contribution < 1.29 is 14.0 Å². The Bertz CT molecular complexity index is 885. The van der Waals surface area contributed by atoms with Crippen molar-refractivity contribution in [2.45, 2.75) is 40.2 Å². The number of nitrogens with zero attached hydrogens (tertiary/aromatic N) is 1. The fourth-order valence-corrected chi connectivity index (χ4v) is 3.84. The van der Waals surface area contributed by atoms with Gasteiger partial charge >= 0.3 is 11.8 Å². The van der Waals surface area contributed by atoms with Gasteiger partial charge in [0, 0.05) is 29.4 Å². The summed E-state index contributed by atoms with van der Waals surface area (Å²) >= 11 is 6.05. The molecule has 6 nitrogen and oxygen atoms in total. The molecule has 0 unspecified atom stereocenters. The van der Waals surface area contributed by atoms with Crippen molar-refractivity contribution in [2.75, 3.05) is 25.0 Å². The minimum atomic E-state index is -0.668. The zero-order valence-electron chi connectivity index (χ0n) is 17.2. The van der Waals surface area contributed by atoms with Crippen molar-refractivity contribution in [1.82, 2.24) is 10.2 Å². The SMILES string of the molecule is Cc1cc(CN2CCC(CNC(=O)C(=O)Nc3cccc(Cl)c3C)CC2)c(C)o1. The second kappa shape index (κ2) is 9.46. The van der Waals surface area contributed by atoms with E-state index in [1.807, 2.05) is 13.8 Å². The van der Waals surface area contributed by atoms with Crippen LogP contribution < -0.4 is 10.6 Å². The normalized spacial score (nSPS) is 15.3. The van der Waals surface area contributed by atoms with Crippen molar-refractivity contribution in [3.63, 3.8) is 0 Å². The van der Waals surface area contributed by atoms with Crippen molar-refractivity contribution >= 4 is 29.1 Å². The van der Waals surface area contributed by atoms with Crippen molar-refractivity contribution in [3.8, 4) is 0 Å². The lowest BCUT2D eigenvalue weighted by Gasteiger charge is -2.31. The Labute approximate surface area is 176 Å². The summed E-state index contributed by atoms with van der Waals surface area (Å²) in [5.41, 5.74) is 2.53. The number of anilines is 1. The lowest BCUT2D eigenvalue weighted by atomic mass is 9.96. The van der Waals surface area contributed by atoms with Crippen molar-refractivity contribution in [2.24, 2.45) is 5.92 Å². The van der Waals surface area contributed by atoms with Gasteiger partial charge in [0.2, 0.25) is 0 Å². The van der Waals surface area contributed by atoms with Gasteiger partial charge in [-0.2, -0.15) is 0 Å². The summed E-state index contributed by atoms with van der Waals surface area (Å²) < 4.78 is 5.60. The van der Waals surface area contributed by atoms with Gasteiger partial charge in [0.05, 0.1) is 0 Å². The Balaban J connectivity index is 1.41. The predicted octanol–water partition coefficient (Wildman–Crippen LogP) is 3.83. The van der Waals surface area contributed by atoms with Crippen LogP contribution in [0.1, 0.15) is 35.5 Å². The quantitative estimate of drug-likeness (QED) is 0.725. The predicted molar refractivity (Wildman–Crippen MR) is 114 cm³/mol. The molecule has 0 saturated carbocycles. The lowest BCUT2D eigenvalue weighted by molar-refractivity contribution is -0.136. The van der Waals surface area contributed by atoms with Crippen LogP contribution in [0, 0.1) is 26.7 Å². The van der Waals surface area contributed by atoms with E-state index in [2.05, 4.69) is 21.6 Å². The summed E-state index contributed by atoms with van der Waals surface area (Å²) in [6, 6.07) is 7.31. The molecule has 0 radical (unpaired) electrons. The molecular formula is C22H28ClN3O3. The molecule has 2 amide bonds. The minimum absolute atomic E-state index is 0.378. The van der Waals surface area contributed by atoms with Gasteiger partial charge in [-0.15, -0.1) is 0 Å². The summed E-state index contributed by atoms with van der Waals surface area (Å²) in [4.78, 5) is 26.7. The van der Waals surface area contributed by atoms with Crippen LogP contribution in [-0.4, -0.2) is 36.3 Å². The molecule has 29 heavy (non-hydrogen) atoms. The zero-order valence-corrected chi connectivity index (χ0v) is 17.9. The fraction of sp³-hybridized carbons (Fsp3) is 0.455. The number of halogens is 1. The summed E-state index contributed by atoms with van der Waals surface area (Å²) in [6.07, 6.45) is 1.98. The van der Waals surface area contributed by atoms with Gasteiger partial charge in [0.1, 0.15) is 11.5 Å². The number of benzene rings is 1. The van der Waals surface area contributed by atoms with Crippen molar-refractivity contribution in [1.29, 1.82) is 0 Å². The highest BCUT2D eigenvalue weighted by Crippen LogP contribution is 2.23. The van der Waals surface area contributed by atoms with Gasteiger partial charge in [-0.1, -0.05) is 17.7 Å². The van der Waals surface area contributed by atoms with Gasteiger partial charge in [-0.05, 0) is 76.4 Å². The first kappa shape index (κ1) is 21.4. The number of furan rings is 1. The van der Waals surface area contributed by atoms with Gasteiger partial charge in [-0.25, -0.2) is 0 Å². The molecule has 1 aliphatic rings. The van der Waals surface area contributed by atoms with Crippen LogP contribution in [0.5, 0.6) is 0 Å². The Morgan fingerprint density at radius 1 is 1.17 bits per heavy atom. The number of hydrogen-bond donors (Lipinski definition) is 2. The average Bonchev–Trinajstić information content (AvgIpc) is 3.01. The molecule has 0 aliphatic carbocycles. The molecule has 3 rings (SSSR count). The number of likely N-dealkylation sites (tertiary alicyclic amines) is 1. The van der Waals surface area contributed by atoms with E-state index in [-0.39, 0.29) is 0 Å². The number of carbonyl (C=O) groups excluding carboxylic acids is 2. The molecule has 0 spiro atoms. The van der Waals surface area contributed by atoms with Crippen LogP contribution in [-0.2, 0) is 16.1 Å². The zero-order chi connectivity index (χ0) is 21.0. The van der Waals surface area contributed by atoms with Crippen LogP contribution in [0.4, 0.5) is 5.69 Å². The molecule has 7 heteroatoms. The number of rotatable bonds is 5. The molecule has 1 saturated heterocycles. The Kier molecular flexibility index (Phi) is 6.98. The second-order valence-electron chi connectivity index (χ2n) is 7.73. The van der Waals surface area contributed by atoms with E-state index in [4.69, 9.17) is 16.0 Å². The standard InChI is InChI=1S/C22H28ClN3O3/c1-14-11-18(16(3)29-14)13-26-9-7-17(8-10-26)12-24-21(27)22(28)25-20-6-4-5-19(23)15(20)2/h4-6,11,17H,7-10,12-13H2,1-3H3,(H,24,27)(H,25,28). The second-order valence-corrected chi connectivity index (χ2v) is 8.14. The number of piperidine rings is 1. The van der Waals surface area contributed by atoms with Gasteiger partial charge in [0.25, 0.3) is 0 Å². The van der Waals surface area contributed by atoms with Crippen LogP contribution in [0.2, 0.25) is 5.02 Å². The molecule has 156 valence electrons. The molecule has 0 atom stereocenters. The van der Waals surface area contributed by atoms with E-state index in [0.717, 1.165) is 49.6 Å². The van der Waals surface area contributed by atoms with Crippen LogP contribution in [0.15, 0.2) is 28.7 Å². The number of amides is 2. The van der Waals surface area contributed by atoms with E-state index in [1.54, 1.807) is 25.1 Å². The first-order valence-electron chi connectivity index (χ1n) is 9.96. The third kappa shape index (κ3) is 5.61. The fourth-order valence-electron chi connectivity index (χ4n) is 3.67. The third-order valence-corrected chi connectivity index (χ3v) is 5.93. The highest BCUT2D eigenvalue weighted by atomic mass is 35.5. The molecule has 1 aliphatic heterocycles. The smallest absolute Gasteiger partial charge is 0.313 e. The van der Waals surface area contributed by atoms with E-state index in [1.165, 1.54) is 5.56 Å². The first-order valence-corrected chi connectivity index (χ1v) is 10.3. The van der Waals surface area contributed by atoms with E-state index < -0.39 is 11.8 Å². The maximum absolute atomic E-state index is 12.2. The largest absolute Gasteiger partial charge is 0.466 e. The Hall–Kier alpha value is -2.31. The van der Waals surface area contributed by atoms with E-state index in [0.29, 0.717) is 23.2 Å². The van der Waals surface area contributed by atoms with Gasteiger partial charge in [-0.3, -0.25) is 14.5 Å². The molecule has 1 aromatic carbocycles. The van der Waals surface area contributed by atoms with Gasteiger partial charge < -0.3 is 15.1 Å². The highest BCUT2D eigenvalue weighted by molar-refractivity contribution is 6.40. The molecule has 0 bridgehead atoms. The number of nitrogens with one attached hydrogen (secondary N) is 2. The monoisotopic (exact) mass is 417 g/mol. The molecule has 2 aromatic rings. The molecule has 1 fully saturated rings. The summed E-state index contributed by atoms with van der Waals surface area (Å²) in [7, 11) is 0. The third-order valence-electron chi connectivity index (χ3n) is 5.52. The summed E-state index contributed by atoms with van der Waals surface area (Å²) in [6.45, 7) is 9.12. The maximum Gasteiger partial charge on any atom is 0.313 e.